The zero-order chi connectivity index (χ0) is 15.0. The van der Waals surface area contributed by atoms with Gasteiger partial charge >= 0.3 is 0 Å². The van der Waals surface area contributed by atoms with Crippen molar-refractivity contribution in [2.24, 2.45) is 0 Å². The largest absolute Gasteiger partial charge is 0.389 e. The molecule has 1 aliphatic carbocycles. The molecule has 0 spiro atoms. The number of hydrogen-bond acceptors (Lipinski definition) is 2. The molecule has 21 heavy (non-hydrogen) atoms. The number of fused-ring (bicyclic) bond motifs is 1. The molecule has 112 valence electrons. The van der Waals surface area contributed by atoms with Gasteiger partial charge in [0.2, 0.25) is 5.91 Å². The highest BCUT2D eigenvalue weighted by Gasteiger charge is 2.51. The quantitative estimate of drug-likeness (QED) is 0.849. The molecule has 3 rings (SSSR count). The molecule has 1 N–H and O–H groups in total. The molecule has 1 saturated heterocycles. The Morgan fingerprint density at radius 3 is 2.71 bits per heavy atom. The average molecular weight is 285 g/mol. The standard InChI is InChI=1S/C18H23NO2/c1-3-19-12-10-15-13(2)16(20)9-11-18(15,17(19)21)14-7-5-4-6-8-14/h4-8,16,20H,3,9-12H2,1-2H3/t16-,18+/m0/s1. The van der Waals surface area contributed by atoms with E-state index < -0.39 is 11.5 Å². The zero-order valence-corrected chi connectivity index (χ0v) is 12.8. The van der Waals surface area contributed by atoms with Gasteiger partial charge in [-0.1, -0.05) is 30.3 Å². The van der Waals surface area contributed by atoms with Crippen molar-refractivity contribution in [1.82, 2.24) is 4.90 Å². The molecule has 0 bridgehead atoms. The Kier molecular flexibility index (Phi) is 3.62. The monoisotopic (exact) mass is 285 g/mol. The van der Waals surface area contributed by atoms with Crippen LogP contribution in [0.15, 0.2) is 41.5 Å². The summed E-state index contributed by atoms with van der Waals surface area (Å²) in [5.41, 5.74) is 2.70. The van der Waals surface area contributed by atoms with Crippen LogP contribution < -0.4 is 0 Å². The molecule has 1 heterocycles. The lowest BCUT2D eigenvalue weighted by molar-refractivity contribution is -0.138. The summed E-state index contributed by atoms with van der Waals surface area (Å²) in [7, 11) is 0. The van der Waals surface area contributed by atoms with Crippen LogP contribution in [0.3, 0.4) is 0 Å². The lowest BCUT2D eigenvalue weighted by atomic mass is 9.62. The van der Waals surface area contributed by atoms with Crippen molar-refractivity contribution in [3.05, 3.63) is 47.0 Å². The maximum atomic E-state index is 13.2. The summed E-state index contributed by atoms with van der Waals surface area (Å²) >= 11 is 0. The molecule has 3 nitrogen and oxygen atoms in total. The minimum atomic E-state index is -0.543. The second-order valence-corrected chi connectivity index (χ2v) is 6.12. The fraction of sp³-hybridized carbons (Fsp3) is 0.500. The van der Waals surface area contributed by atoms with Gasteiger partial charge in [-0.3, -0.25) is 4.79 Å². The van der Waals surface area contributed by atoms with Crippen LogP contribution in [-0.2, 0) is 10.2 Å². The lowest BCUT2D eigenvalue weighted by Crippen LogP contribution is -2.55. The van der Waals surface area contributed by atoms with Crippen LogP contribution in [-0.4, -0.2) is 35.1 Å². The minimum absolute atomic E-state index is 0.212. The van der Waals surface area contributed by atoms with Crippen LogP contribution in [0, 0.1) is 0 Å². The highest BCUT2D eigenvalue weighted by Crippen LogP contribution is 2.48. The van der Waals surface area contributed by atoms with Crippen LogP contribution in [0.1, 0.15) is 38.7 Å². The molecule has 0 saturated carbocycles. The van der Waals surface area contributed by atoms with Crippen molar-refractivity contribution in [2.75, 3.05) is 13.1 Å². The number of hydrogen-bond donors (Lipinski definition) is 1. The first-order chi connectivity index (χ1) is 10.1. The van der Waals surface area contributed by atoms with Gasteiger partial charge in [0, 0.05) is 13.1 Å². The maximum Gasteiger partial charge on any atom is 0.237 e. The number of rotatable bonds is 2. The lowest BCUT2D eigenvalue weighted by Gasteiger charge is -2.48. The van der Waals surface area contributed by atoms with Gasteiger partial charge in [0.05, 0.1) is 11.5 Å². The van der Waals surface area contributed by atoms with E-state index in [-0.39, 0.29) is 5.91 Å². The van der Waals surface area contributed by atoms with Gasteiger partial charge < -0.3 is 10.0 Å². The van der Waals surface area contributed by atoms with Crippen molar-refractivity contribution in [1.29, 1.82) is 0 Å². The Bertz CT molecular complexity index is 578. The SMILES string of the molecule is CCN1CCC2=C(C)[C@@H](O)CC[C@]2(c2ccccc2)C1=O. The Balaban J connectivity index is 2.20. The summed E-state index contributed by atoms with van der Waals surface area (Å²) < 4.78 is 0. The third-order valence-electron chi connectivity index (χ3n) is 5.22. The van der Waals surface area contributed by atoms with Crippen LogP contribution in [0.5, 0.6) is 0 Å². The molecular weight excluding hydrogens is 262 g/mol. The van der Waals surface area contributed by atoms with E-state index in [0.29, 0.717) is 12.8 Å². The fourth-order valence-electron chi connectivity index (χ4n) is 3.99. The third-order valence-corrected chi connectivity index (χ3v) is 5.22. The van der Waals surface area contributed by atoms with Crippen molar-refractivity contribution < 1.29 is 9.90 Å². The van der Waals surface area contributed by atoms with Gasteiger partial charge in [-0.05, 0) is 49.8 Å². The van der Waals surface area contributed by atoms with Crippen molar-refractivity contribution >= 4 is 5.91 Å². The summed E-state index contributed by atoms with van der Waals surface area (Å²) in [6.45, 7) is 5.55. The number of benzene rings is 1. The molecule has 3 heteroatoms. The molecule has 1 fully saturated rings. The maximum absolute atomic E-state index is 13.2. The summed E-state index contributed by atoms with van der Waals surface area (Å²) in [4.78, 5) is 15.1. The first-order valence-corrected chi connectivity index (χ1v) is 7.84. The van der Waals surface area contributed by atoms with E-state index >= 15 is 0 Å². The number of aliphatic hydroxyl groups excluding tert-OH is 1. The van der Waals surface area contributed by atoms with Crippen LogP contribution in [0.4, 0.5) is 0 Å². The number of carbonyl (C=O) groups is 1. The number of amides is 1. The number of nitrogens with zero attached hydrogens (tertiary/aromatic N) is 1. The number of carbonyl (C=O) groups excluding carboxylic acids is 1. The number of likely N-dealkylation sites (N-methyl/N-ethyl adjacent to an activating group) is 1. The molecule has 0 radical (unpaired) electrons. The molecule has 1 aliphatic heterocycles. The summed E-state index contributed by atoms with van der Waals surface area (Å²) in [6, 6.07) is 10.1. The summed E-state index contributed by atoms with van der Waals surface area (Å²) in [5.74, 6) is 0.212. The third kappa shape index (κ3) is 2.03. The van der Waals surface area contributed by atoms with Gasteiger partial charge in [-0.15, -0.1) is 0 Å². The summed E-state index contributed by atoms with van der Waals surface area (Å²) in [5, 5.41) is 10.2. The van der Waals surface area contributed by atoms with E-state index in [0.717, 1.165) is 36.2 Å². The highest BCUT2D eigenvalue weighted by atomic mass is 16.3. The van der Waals surface area contributed by atoms with Crippen LogP contribution >= 0.6 is 0 Å². The Morgan fingerprint density at radius 1 is 1.33 bits per heavy atom. The predicted molar refractivity (Wildman–Crippen MR) is 82.9 cm³/mol. The Hall–Kier alpha value is -1.61. The topological polar surface area (TPSA) is 40.5 Å². The molecule has 1 aromatic rings. The van der Waals surface area contributed by atoms with Gasteiger partial charge in [0.1, 0.15) is 0 Å². The minimum Gasteiger partial charge on any atom is -0.389 e. The molecule has 2 atom stereocenters. The molecule has 0 aromatic heterocycles. The van der Waals surface area contributed by atoms with Crippen molar-refractivity contribution in [3.8, 4) is 0 Å². The molecule has 1 aromatic carbocycles. The fourth-order valence-corrected chi connectivity index (χ4v) is 3.99. The number of aliphatic hydroxyl groups is 1. The molecule has 0 unspecified atom stereocenters. The van der Waals surface area contributed by atoms with E-state index in [9.17, 15) is 9.90 Å². The van der Waals surface area contributed by atoms with Crippen LogP contribution in [0.2, 0.25) is 0 Å². The number of piperidine rings is 1. The Labute approximate surface area is 126 Å². The van der Waals surface area contributed by atoms with Gasteiger partial charge in [0.15, 0.2) is 0 Å². The molecule has 2 aliphatic rings. The predicted octanol–water partition coefficient (Wildman–Crippen LogP) is 2.65. The van der Waals surface area contributed by atoms with Crippen LogP contribution in [0.25, 0.3) is 0 Å². The number of likely N-dealkylation sites (tertiary alicyclic amines) is 1. The van der Waals surface area contributed by atoms with E-state index in [1.54, 1.807) is 0 Å². The molecular formula is C18H23NO2. The first kappa shape index (κ1) is 14.3. The van der Waals surface area contributed by atoms with E-state index in [4.69, 9.17) is 0 Å². The highest BCUT2D eigenvalue weighted by molar-refractivity contribution is 5.93. The van der Waals surface area contributed by atoms with Gasteiger partial charge in [-0.2, -0.15) is 0 Å². The second kappa shape index (κ2) is 5.30. The van der Waals surface area contributed by atoms with Crippen molar-refractivity contribution in [2.45, 2.75) is 44.6 Å². The van der Waals surface area contributed by atoms with E-state index in [2.05, 4.69) is 12.1 Å². The van der Waals surface area contributed by atoms with Gasteiger partial charge in [-0.25, -0.2) is 0 Å². The normalized spacial score (nSPS) is 29.6. The Morgan fingerprint density at radius 2 is 2.05 bits per heavy atom. The summed E-state index contributed by atoms with van der Waals surface area (Å²) in [6.07, 6.45) is 1.85. The smallest absolute Gasteiger partial charge is 0.237 e. The first-order valence-electron chi connectivity index (χ1n) is 7.84. The van der Waals surface area contributed by atoms with Crippen molar-refractivity contribution in [3.63, 3.8) is 0 Å². The van der Waals surface area contributed by atoms with E-state index in [1.165, 1.54) is 0 Å². The average Bonchev–Trinajstić information content (AvgIpc) is 2.52. The molecule has 1 amide bonds. The second-order valence-electron chi connectivity index (χ2n) is 6.12. The zero-order valence-electron chi connectivity index (χ0n) is 12.8. The van der Waals surface area contributed by atoms with Gasteiger partial charge in [0.25, 0.3) is 0 Å². The van der Waals surface area contributed by atoms with E-state index in [1.807, 2.05) is 36.9 Å².